The standard InChI is InChI=1S/C18H34N2O3/c1-2-3-11-20(12-7-13-21)17(22)19-16-8-14-23-18(15-16)9-5-4-6-10-18/h16,21H,2-15H2,1H3,(H,19,22). The zero-order valence-corrected chi connectivity index (χ0v) is 14.7. The SMILES string of the molecule is CCCCN(CCCO)C(=O)NC1CCOC2(CCCCC2)C1. The smallest absolute Gasteiger partial charge is 0.317 e. The lowest BCUT2D eigenvalue weighted by molar-refractivity contribution is -0.108. The molecule has 2 amide bonds. The number of urea groups is 1. The minimum absolute atomic E-state index is 0.0216. The fraction of sp³-hybridized carbons (Fsp3) is 0.944. The van der Waals surface area contributed by atoms with Gasteiger partial charge in [-0.1, -0.05) is 32.6 Å². The summed E-state index contributed by atoms with van der Waals surface area (Å²) in [5.74, 6) is 0. The van der Waals surface area contributed by atoms with Crippen molar-refractivity contribution in [3.05, 3.63) is 0 Å². The molecule has 1 saturated heterocycles. The number of aliphatic hydroxyl groups is 1. The first-order valence-electron chi connectivity index (χ1n) is 9.49. The lowest BCUT2D eigenvalue weighted by atomic mass is 9.78. The summed E-state index contributed by atoms with van der Waals surface area (Å²) in [4.78, 5) is 14.5. The summed E-state index contributed by atoms with van der Waals surface area (Å²) in [5, 5.41) is 12.3. The third kappa shape index (κ3) is 5.64. The van der Waals surface area contributed by atoms with Crippen LogP contribution in [0.4, 0.5) is 4.79 Å². The molecular formula is C18H34N2O3. The highest BCUT2D eigenvalue weighted by Crippen LogP contribution is 2.38. The van der Waals surface area contributed by atoms with Crippen LogP contribution in [0.5, 0.6) is 0 Å². The lowest BCUT2D eigenvalue weighted by Gasteiger charge is -2.44. The van der Waals surface area contributed by atoms with Crippen LogP contribution < -0.4 is 5.32 Å². The van der Waals surface area contributed by atoms with E-state index in [9.17, 15) is 4.79 Å². The molecule has 0 radical (unpaired) electrons. The number of rotatable bonds is 7. The number of carbonyl (C=O) groups is 1. The van der Waals surface area contributed by atoms with Gasteiger partial charge in [0, 0.05) is 32.3 Å². The number of amides is 2. The van der Waals surface area contributed by atoms with Gasteiger partial charge in [0.25, 0.3) is 0 Å². The number of hydrogen-bond donors (Lipinski definition) is 2. The first-order chi connectivity index (χ1) is 11.2. The fourth-order valence-electron chi connectivity index (χ4n) is 3.89. The number of nitrogens with one attached hydrogen (secondary N) is 1. The molecule has 2 aliphatic rings. The summed E-state index contributed by atoms with van der Waals surface area (Å²) in [7, 11) is 0. The largest absolute Gasteiger partial charge is 0.396 e. The molecule has 5 nitrogen and oxygen atoms in total. The van der Waals surface area contributed by atoms with Crippen LogP contribution >= 0.6 is 0 Å². The van der Waals surface area contributed by atoms with Crippen molar-refractivity contribution < 1.29 is 14.6 Å². The van der Waals surface area contributed by atoms with E-state index in [0.29, 0.717) is 13.0 Å². The van der Waals surface area contributed by atoms with E-state index < -0.39 is 0 Å². The molecule has 2 N–H and O–H groups in total. The normalized spacial score (nSPS) is 23.7. The van der Waals surface area contributed by atoms with Gasteiger partial charge in [0.15, 0.2) is 0 Å². The van der Waals surface area contributed by atoms with Gasteiger partial charge in [0.1, 0.15) is 0 Å². The van der Waals surface area contributed by atoms with E-state index in [0.717, 1.165) is 51.7 Å². The second kappa shape index (κ2) is 9.48. The molecule has 1 atom stereocenters. The third-order valence-corrected chi connectivity index (χ3v) is 5.24. The van der Waals surface area contributed by atoms with Crippen molar-refractivity contribution >= 4 is 6.03 Å². The van der Waals surface area contributed by atoms with E-state index in [1.54, 1.807) is 0 Å². The van der Waals surface area contributed by atoms with Crippen LogP contribution in [0.1, 0.15) is 71.1 Å². The molecule has 1 aliphatic carbocycles. The Morgan fingerprint density at radius 1 is 1.26 bits per heavy atom. The topological polar surface area (TPSA) is 61.8 Å². The number of nitrogens with zero attached hydrogens (tertiary/aromatic N) is 1. The van der Waals surface area contributed by atoms with Crippen molar-refractivity contribution in [2.45, 2.75) is 82.8 Å². The second-order valence-corrected chi connectivity index (χ2v) is 7.15. The summed E-state index contributed by atoms with van der Waals surface area (Å²) in [6.45, 7) is 4.44. The quantitative estimate of drug-likeness (QED) is 0.756. The highest BCUT2D eigenvalue weighted by molar-refractivity contribution is 5.74. The Labute approximate surface area is 140 Å². The van der Waals surface area contributed by atoms with Crippen LogP contribution in [0.2, 0.25) is 0 Å². The van der Waals surface area contributed by atoms with E-state index in [1.807, 2.05) is 4.90 Å². The Balaban J connectivity index is 1.86. The van der Waals surface area contributed by atoms with E-state index in [4.69, 9.17) is 9.84 Å². The van der Waals surface area contributed by atoms with Crippen LogP contribution in [0.25, 0.3) is 0 Å². The molecule has 0 bridgehead atoms. The molecule has 2 rings (SSSR count). The van der Waals surface area contributed by atoms with Gasteiger partial charge in [0.2, 0.25) is 0 Å². The maximum atomic E-state index is 12.6. The highest BCUT2D eigenvalue weighted by atomic mass is 16.5. The Morgan fingerprint density at radius 3 is 2.70 bits per heavy atom. The zero-order valence-electron chi connectivity index (χ0n) is 14.7. The predicted octanol–water partition coefficient (Wildman–Crippen LogP) is 3.06. The molecule has 134 valence electrons. The Kier molecular flexibility index (Phi) is 7.63. The van der Waals surface area contributed by atoms with Crippen LogP contribution in [0, 0.1) is 0 Å². The molecule has 0 aromatic carbocycles. The monoisotopic (exact) mass is 326 g/mol. The van der Waals surface area contributed by atoms with E-state index in [-0.39, 0.29) is 24.3 Å². The Hall–Kier alpha value is -0.810. The van der Waals surface area contributed by atoms with Gasteiger partial charge in [0.05, 0.1) is 5.60 Å². The molecule has 0 aromatic rings. The van der Waals surface area contributed by atoms with Crippen molar-refractivity contribution in [2.75, 3.05) is 26.3 Å². The van der Waals surface area contributed by atoms with Crippen molar-refractivity contribution in [3.63, 3.8) is 0 Å². The zero-order chi connectivity index (χ0) is 16.5. The molecule has 0 aromatic heterocycles. The summed E-state index contributed by atoms with van der Waals surface area (Å²) < 4.78 is 6.11. The molecule has 2 fully saturated rings. The Bertz CT molecular complexity index is 343. The van der Waals surface area contributed by atoms with Crippen molar-refractivity contribution in [1.29, 1.82) is 0 Å². The lowest BCUT2D eigenvalue weighted by Crippen LogP contribution is -2.52. The summed E-state index contributed by atoms with van der Waals surface area (Å²) in [6.07, 6.45) is 10.7. The van der Waals surface area contributed by atoms with Gasteiger partial charge in [-0.15, -0.1) is 0 Å². The van der Waals surface area contributed by atoms with Crippen molar-refractivity contribution in [1.82, 2.24) is 10.2 Å². The van der Waals surface area contributed by atoms with Gasteiger partial charge >= 0.3 is 6.03 Å². The molecular weight excluding hydrogens is 292 g/mol. The first kappa shape index (κ1) is 18.5. The van der Waals surface area contributed by atoms with Crippen LogP contribution in [0.3, 0.4) is 0 Å². The number of unbranched alkanes of at least 4 members (excludes halogenated alkanes) is 1. The van der Waals surface area contributed by atoms with Crippen molar-refractivity contribution in [3.8, 4) is 0 Å². The number of hydrogen-bond acceptors (Lipinski definition) is 3. The molecule has 1 aliphatic heterocycles. The average Bonchev–Trinajstić information content (AvgIpc) is 2.55. The molecule has 1 unspecified atom stereocenters. The highest BCUT2D eigenvalue weighted by Gasteiger charge is 2.39. The van der Waals surface area contributed by atoms with E-state index in [1.165, 1.54) is 19.3 Å². The van der Waals surface area contributed by atoms with E-state index >= 15 is 0 Å². The maximum absolute atomic E-state index is 12.6. The van der Waals surface area contributed by atoms with E-state index in [2.05, 4.69) is 12.2 Å². The van der Waals surface area contributed by atoms with Crippen LogP contribution in [-0.4, -0.2) is 54.0 Å². The molecule has 1 heterocycles. The third-order valence-electron chi connectivity index (χ3n) is 5.24. The number of aliphatic hydroxyl groups excluding tert-OH is 1. The number of ether oxygens (including phenoxy) is 1. The molecule has 1 saturated carbocycles. The first-order valence-corrected chi connectivity index (χ1v) is 9.49. The van der Waals surface area contributed by atoms with Gasteiger partial charge in [-0.2, -0.15) is 0 Å². The van der Waals surface area contributed by atoms with Crippen LogP contribution in [-0.2, 0) is 4.74 Å². The second-order valence-electron chi connectivity index (χ2n) is 7.15. The predicted molar refractivity (Wildman–Crippen MR) is 91.5 cm³/mol. The summed E-state index contributed by atoms with van der Waals surface area (Å²) in [5.41, 5.74) is 0.0216. The van der Waals surface area contributed by atoms with Gasteiger partial charge in [-0.3, -0.25) is 0 Å². The number of carbonyl (C=O) groups excluding carboxylic acids is 1. The van der Waals surface area contributed by atoms with Gasteiger partial charge < -0.3 is 20.1 Å². The van der Waals surface area contributed by atoms with Gasteiger partial charge in [-0.05, 0) is 38.5 Å². The maximum Gasteiger partial charge on any atom is 0.317 e. The fourth-order valence-corrected chi connectivity index (χ4v) is 3.89. The molecule has 5 heteroatoms. The minimum Gasteiger partial charge on any atom is -0.396 e. The summed E-state index contributed by atoms with van der Waals surface area (Å²) in [6, 6.07) is 0.261. The van der Waals surface area contributed by atoms with Crippen molar-refractivity contribution in [2.24, 2.45) is 0 Å². The van der Waals surface area contributed by atoms with Crippen LogP contribution in [0.15, 0.2) is 0 Å². The molecule has 1 spiro atoms. The minimum atomic E-state index is 0.0216. The average molecular weight is 326 g/mol. The van der Waals surface area contributed by atoms with Gasteiger partial charge in [-0.25, -0.2) is 4.79 Å². The summed E-state index contributed by atoms with van der Waals surface area (Å²) >= 11 is 0. The molecule has 23 heavy (non-hydrogen) atoms. The Morgan fingerprint density at radius 2 is 2.00 bits per heavy atom.